The first-order valence-electron chi connectivity index (χ1n) is 5.32. The molecule has 4 N–H and O–H groups in total. The third kappa shape index (κ3) is 15.2. The first-order valence-corrected chi connectivity index (χ1v) is 5.32. The van der Waals surface area contributed by atoms with Gasteiger partial charge in [-0.2, -0.15) is 0 Å². The summed E-state index contributed by atoms with van der Waals surface area (Å²) in [4.78, 5) is 0. The largest absolute Gasteiger partial charge is 0.330 e. The molecule has 0 aromatic rings. The van der Waals surface area contributed by atoms with Crippen LogP contribution in [-0.2, 0) is 0 Å². The van der Waals surface area contributed by atoms with Gasteiger partial charge in [-0.3, -0.25) is 0 Å². The fraction of sp³-hybridized carbons (Fsp3) is 1.00. The molecule has 0 saturated heterocycles. The molecule has 0 aliphatic carbocycles. The smallest absolute Gasteiger partial charge is 0.00773 e. The van der Waals surface area contributed by atoms with Crippen LogP contribution in [0.25, 0.3) is 0 Å². The summed E-state index contributed by atoms with van der Waals surface area (Å²) < 4.78 is 0. The molecule has 0 amide bonds. The van der Waals surface area contributed by atoms with Crippen molar-refractivity contribution in [3.05, 3.63) is 0 Å². The maximum absolute atomic E-state index is 5.40. The summed E-state index contributed by atoms with van der Waals surface area (Å²) in [5, 5.41) is 0. The summed E-state index contributed by atoms with van der Waals surface area (Å²) in [7, 11) is 0. The Morgan fingerprint density at radius 1 is 0.462 bits per heavy atom. The summed E-state index contributed by atoms with van der Waals surface area (Å²) in [5.74, 6) is 0. The highest BCUT2D eigenvalue weighted by Crippen LogP contribution is 2.07. The van der Waals surface area contributed by atoms with Gasteiger partial charge in [0, 0.05) is 0 Å². The first kappa shape index (κ1) is 15.9. The fourth-order valence-electron chi connectivity index (χ4n) is 1.35. The van der Waals surface area contributed by atoms with Gasteiger partial charge in [0.05, 0.1) is 0 Å². The van der Waals surface area contributed by atoms with Crippen LogP contribution in [-0.4, -0.2) is 13.1 Å². The molecule has 0 radical (unpaired) electrons. The van der Waals surface area contributed by atoms with E-state index < -0.39 is 0 Å². The molecular weight excluding hydrogens is 228 g/mol. The van der Waals surface area contributed by atoms with Crippen LogP contribution in [0.5, 0.6) is 0 Å². The monoisotopic (exact) mass is 252 g/mol. The maximum Gasteiger partial charge on any atom is -0.00773 e. The lowest BCUT2D eigenvalue weighted by molar-refractivity contribution is 0.572. The Labute approximate surface area is 93.2 Å². The number of halogens is 1. The Morgan fingerprint density at radius 3 is 0.923 bits per heavy atom. The SMILES string of the molecule is Br.NCCCCCCCCCCN. The Bertz CT molecular complexity index is 69.3. The van der Waals surface area contributed by atoms with Crippen molar-refractivity contribution in [2.45, 2.75) is 51.4 Å². The Balaban J connectivity index is 0. The number of nitrogens with two attached hydrogens (primary N) is 2. The highest BCUT2D eigenvalue weighted by Gasteiger charge is 1.90. The van der Waals surface area contributed by atoms with Crippen molar-refractivity contribution in [2.24, 2.45) is 11.5 Å². The van der Waals surface area contributed by atoms with Crippen molar-refractivity contribution in [2.75, 3.05) is 13.1 Å². The molecule has 0 fully saturated rings. The molecule has 0 aromatic carbocycles. The summed E-state index contributed by atoms with van der Waals surface area (Å²) in [6, 6.07) is 0. The van der Waals surface area contributed by atoms with Gasteiger partial charge >= 0.3 is 0 Å². The molecule has 0 spiro atoms. The van der Waals surface area contributed by atoms with Crippen molar-refractivity contribution < 1.29 is 0 Å². The number of hydrogen-bond donors (Lipinski definition) is 2. The van der Waals surface area contributed by atoms with Crippen molar-refractivity contribution in [1.29, 1.82) is 0 Å². The zero-order chi connectivity index (χ0) is 9.07. The number of rotatable bonds is 9. The summed E-state index contributed by atoms with van der Waals surface area (Å²) in [5.41, 5.74) is 10.8. The van der Waals surface area contributed by atoms with E-state index >= 15 is 0 Å². The Morgan fingerprint density at radius 2 is 0.692 bits per heavy atom. The molecule has 0 bridgehead atoms. The first-order chi connectivity index (χ1) is 5.91. The molecule has 0 rings (SSSR count). The molecule has 82 valence electrons. The van der Waals surface area contributed by atoms with Crippen LogP contribution < -0.4 is 11.5 Å². The van der Waals surface area contributed by atoms with Crippen LogP contribution in [0.4, 0.5) is 0 Å². The van der Waals surface area contributed by atoms with E-state index in [0.717, 1.165) is 13.1 Å². The summed E-state index contributed by atoms with van der Waals surface area (Å²) in [6.45, 7) is 1.71. The van der Waals surface area contributed by atoms with E-state index in [9.17, 15) is 0 Å². The Hall–Kier alpha value is 0.400. The second-order valence-corrected chi connectivity index (χ2v) is 3.41. The normalized spacial score (nSPS) is 9.69. The molecule has 0 aromatic heterocycles. The quantitative estimate of drug-likeness (QED) is 0.620. The van der Waals surface area contributed by atoms with Gasteiger partial charge in [0.2, 0.25) is 0 Å². The Kier molecular flexibility index (Phi) is 18.2. The van der Waals surface area contributed by atoms with Gasteiger partial charge in [-0.25, -0.2) is 0 Å². The van der Waals surface area contributed by atoms with Crippen LogP contribution in [0.15, 0.2) is 0 Å². The van der Waals surface area contributed by atoms with Crippen LogP contribution >= 0.6 is 17.0 Å². The maximum atomic E-state index is 5.40. The lowest BCUT2D eigenvalue weighted by Crippen LogP contribution is -1.98. The van der Waals surface area contributed by atoms with E-state index in [-0.39, 0.29) is 17.0 Å². The van der Waals surface area contributed by atoms with Gasteiger partial charge in [0.1, 0.15) is 0 Å². The van der Waals surface area contributed by atoms with Gasteiger partial charge in [-0.1, -0.05) is 38.5 Å². The third-order valence-corrected chi connectivity index (χ3v) is 2.16. The van der Waals surface area contributed by atoms with Crippen LogP contribution in [0.2, 0.25) is 0 Å². The van der Waals surface area contributed by atoms with Gasteiger partial charge in [0.25, 0.3) is 0 Å². The zero-order valence-corrected chi connectivity index (χ0v) is 10.3. The minimum Gasteiger partial charge on any atom is -0.330 e. The van der Waals surface area contributed by atoms with Crippen molar-refractivity contribution in [3.63, 3.8) is 0 Å². The second kappa shape index (κ2) is 14.9. The van der Waals surface area contributed by atoms with E-state index in [4.69, 9.17) is 11.5 Å². The molecule has 0 atom stereocenters. The van der Waals surface area contributed by atoms with Crippen LogP contribution in [0.3, 0.4) is 0 Å². The van der Waals surface area contributed by atoms with Crippen LogP contribution in [0.1, 0.15) is 51.4 Å². The molecular formula is C10H25BrN2. The minimum absolute atomic E-state index is 0. The fourth-order valence-corrected chi connectivity index (χ4v) is 1.35. The van der Waals surface area contributed by atoms with E-state index in [2.05, 4.69) is 0 Å². The molecule has 0 unspecified atom stereocenters. The standard InChI is InChI=1S/C10H24N2.BrH/c11-9-7-5-3-1-2-4-6-8-10-12;/h1-12H2;1H. The van der Waals surface area contributed by atoms with E-state index in [1.165, 1.54) is 51.4 Å². The number of unbranched alkanes of at least 4 members (excludes halogenated alkanes) is 7. The van der Waals surface area contributed by atoms with Gasteiger partial charge in [0.15, 0.2) is 0 Å². The average molecular weight is 253 g/mol. The molecule has 2 nitrogen and oxygen atoms in total. The highest BCUT2D eigenvalue weighted by atomic mass is 79.9. The third-order valence-electron chi connectivity index (χ3n) is 2.16. The minimum atomic E-state index is 0. The highest BCUT2D eigenvalue weighted by molar-refractivity contribution is 8.93. The van der Waals surface area contributed by atoms with E-state index in [1.807, 2.05) is 0 Å². The molecule has 0 aliphatic heterocycles. The van der Waals surface area contributed by atoms with Crippen molar-refractivity contribution >= 4 is 17.0 Å². The van der Waals surface area contributed by atoms with E-state index in [0.29, 0.717) is 0 Å². The second-order valence-electron chi connectivity index (χ2n) is 3.41. The molecule has 0 heterocycles. The van der Waals surface area contributed by atoms with Crippen molar-refractivity contribution in [3.8, 4) is 0 Å². The zero-order valence-electron chi connectivity index (χ0n) is 8.63. The number of hydrogen-bond acceptors (Lipinski definition) is 2. The topological polar surface area (TPSA) is 52.0 Å². The summed E-state index contributed by atoms with van der Waals surface area (Å²) in [6.07, 6.45) is 10.5. The lowest BCUT2D eigenvalue weighted by atomic mass is 10.1. The van der Waals surface area contributed by atoms with E-state index in [1.54, 1.807) is 0 Å². The van der Waals surface area contributed by atoms with Crippen LogP contribution in [0, 0.1) is 0 Å². The van der Waals surface area contributed by atoms with Crippen molar-refractivity contribution in [1.82, 2.24) is 0 Å². The molecule has 0 saturated carbocycles. The van der Waals surface area contributed by atoms with Gasteiger partial charge in [-0.05, 0) is 25.9 Å². The van der Waals surface area contributed by atoms with Gasteiger partial charge < -0.3 is 11.5 Å². The molecule has 3 heteroatoms. The summed E-state index contributed by atoms with van der Waals surface area (Å²) >= 11 is 0. The lowest BCUT2D eigenvalue weighted by Gasteiger charge is -2.00. The molecule has 13 heavy (non-hydrogen) atoms. The van der Waals surface area contributed by atoms with Gasteiger partial charge in [-0.15, -0.1) is 17.0 Å². The predicted molar refractivity (Wildman–Crippen MR) is 65.4 cm³/mol. The predicted octanol–water partition coefficient (Wildman–Crippen LogP) is 2.60. The average Bonchev–Trinajstić information content (AvgIpc) is 2.10. The molecule has 0 aliphatic rings.